The molecule has 0 saturated heterocycles. The number of carbonyl (C=O) groups excluding carboxylic acids is 1. The molecule has 1 amide bonds. The minimum atomic E-state index is 0. The molecular formula is C15H31IN4O. The van der Waals surface area contributed by atoms with Crippen molar-refractivity contribution in [2.24, 2.45) is 16.8 Å². The van der Waals surface area contributed by atoms with Crippen LogP contribution in [0.15, 0.2) is 4.99 Å². The molecule has 0 aromatic rings. The molecule has 6 heteroatoms. The Balaban J connectivity index is 0.00000400. The monoisotopic (exact) mass is 410 g/mol. The molecule has 0 atom stereocenters. The van der Waals surface area contributed by atoms with Crippen molar-refractivity contribution in [3.8, 4) is 0 Å². The van der Waals surface area contributed by atoms with Gasteiger partial charge < -0.3 is 16.0 Å². The summed E-state index contributed by atoms with van der Waals surface area (Å²) in [7, 11) is 1.76. The Morgan fingerprint density at radius 1 is 1.10 bits per heavy atom. The van der Waals surface area contributed by atoms with E-state index >= 15 is 0 Å². The first kappa shape index (κ1) is 20.5. The first-order valence-electron chi connectivity index (χ1n) is 7.85. The average molecular weight is 410 g/mol. The third kappa shape index (κ3) is 9.16. The van der Waals surface area contributed by atoms with Gasteiger partial charge >= 0.3 is 0 Å². The van der Waals surface area contributed by atoms with E-state index in [4.69, 9.17) is 0 Å². The molecule has 1 fully saturated rings. The van der Waals surface area contributed by atoms with Gasteiger partial charge in [-0.25, -0.2) is 0 Å². The Labute approximate surface area is 146 Å². The number of nitrogens with zero attached hydrogens (tertiary/aromatic N) is 1. The Morgan fingerprint density at radius 2 is 1.71 bits per heavy atom. The number of guanidine groups is 1. The topological polar surface area (TPSA) is 65.5 Å². The fraction of sp³-hybridized carbons (Fsp3) is 0.867. The lowest BCUT2D eigenvalue weighted by molar-refractivity contribution is -0.125. The highest BCUT2D eigenvalue weighted by atomic mass is 127. The van der Waals surface area contributed by atoms with E-state index in [0.717, 1.165) is 25.3 Å². The molecule has 0 bridgehead atoms. The lowest BCUT2D eigenvalue weighted by Crippen LogP contribution is -2.43. The van der Waals surface area contributed by atoms with Gasteiger partial charge in [-0.05, 0) is 18.8 Å². The smallest absolute Gasteiger partial charge is 0.223 e. The molecule has 1 aliphatic rings. The molecule has 0 radical (unpaired) electrons. The molecule has 0 unspecified atom stereocenters. The fourth-order valence-corrected chi connectivity index (χ4v) is 2.40. The maximum atomic E-state index is 11.9. The quantitative estimate of drug-likeness (QED) is 0.272. The summed E-state index contributed by atoms with van der Waals surface area (Å²) in [6.45, 7) is 6.57. The second-order valence-corrected chi connectivity index (χ2v) is 5.90. The van der Waals surface area contributed by atoms with Crippen LogP contribution in [0.3, 0.4) is 0 Å². The molecule has 0 aromatic heterocycles. The number of aliphatic imine (C=N–C) groups is 1. The van der Waals surface area contributed by atoms with Crippen LogP contribution >= 0.6 is 24.0 Å². The zero-order valence-electron chi connectivity index (χ0n) is 13.6. The second kappa shape index (κ2) is 12.1. The zero-order chi connectivity index (χ0) is 14.8. The van der Waals surface area contributed by atoms with Crippen molar-refractivity contribution in [1.29, 1.82) is 0 Å². The van der Waals surface area contributed by atoms with Crippen molar-refractivity contribution in [3.05, 3.63) is 0 Å². The molecule has 21 heavy (non-hydrogen) atoms. The predicted octanol–water partition coefficient (Wildman–Crippen LogP) is 2.12. The molecule has 0 spiro atoms. The van der Waals surface area contributed by atoms with Crippen LogP contribution in [0, 0.1) is 11.8 Å². The number of hydrogen-bond donors (Lipinski definition) is 3. The second-order valence-electron chi connectivity index (χ2n) is 5.90. The van der Waals surface area contributed by atoms with E-state index in [1.807, 2.05) is 0 Å². The largest absolute Gasteiger partial charge is 0.356 e. The standard InChI is InChI=1S/C15H30N4O.HI/c1-12(2)11-19-15(16-3)18-10-9-17-14(20)13-7-5-4-6-8-13;/h12-13H,4-11H2,1-3H3,(H,17,20)(H2,16,18,19);1H. The van der Waals surface area contributed by atoms with Crippen molar-refractivity contribution in [2.45, 2.75) is 46.0 Å². The summed E-state index contributed by atoms with van der Waals surface area (Å²) < 4.78 is 0. The molecule has 124 valence electrons. The van der Waals surface area contributed by atoms with E-state index in [1.165, 1.54) is 19.3 Å². The summed E-state index contributed by atoms with van der Waals surface area (Å²) in [5, 5.41) is 9.47. The SMILES string of the molecule is CN=C(NCCNC(=O)C1CCCCC1)NCC(C)C.I. The van der Waals surface area contributed by atoms with E-state index in [9.17, 15) is 4.79 Å². The van der Waals surface area contributed by atoms with E-state index < -0.39 is 0 Å². The van der Waals surface area contributed by atoms with Crippen LogP contribution in [0.1, 0.15) is 46.0 Å². The van der Waals surface area contributed by atoms with Crippen LogP contribution < -0.4 is 16.0 Å². The highest BCUT2D eigenvalue weighted by Gasteiger charge is 2.20. The maximum Gasteiger partial charge on any atom is 0.223 e. The maximum absolute atomic E-state index is 11.9. The van der Waals surface area contributed by atoms with Gasteiger partial charge in [-0.15, -0.1) is 24.0 Å². The summed E-state index contributed by atoms with van der Waals surface area (Å²) >= 11 is 0. The summed E-state index contributed by atoms with van der Waals surface area (Å²) in [5.41, 5.74) is 0. The molecule has 1 rings (SSSR count). The first-order valence-corrected chi connectivity index (χ1v) is 7.85. The molecule has 0 aromatic carbocycles. The third-order valence-corrected chi connectivity index (χ3v) is 3.59. The van der Waals surface area contributed by atoms with Crippen molar-refractivity contribution in [1.82, 2.24) is 16.0 Å². The van der Waals surface area contributed by atoms with Crippen LogP contribution in [-0.2, 0) is 4.79 Å². The van der Waals surface area contributed by atoms with Gasteiger partial charge in [0.1, 0.15) is 0 Å². The van der Waals surface area contributed by atoms with Crippen molar-refractivity contribution in [3.63, 3.8) is 0 Å². The third-order valence-electron chi connectivity index (χ3n) is 3.59. The van der Waals surface area contributed by atoms with Gasteiger partial charge in [0.2, 0.25) is 5.91 Å². The Bertz CT molecular complexity index is 315. The van der Waals surface area contributed by atoms with Gasteiger partial charge in [0.15, 0.2) is 5.96 Å². The van der Waals surface area contributed by atoms with E-state index in [0.29, 0.717) is 19.0 Å². The highest BCUT2D eigenvalue weighted by molar-refractivity contribution is 14.0. The van der Waals surface area contributed by atoms with Crippen LogP contribution in [0.2, 0.25) is 0 Å². The van der Waals surface area contributed by atoms with Crippen molar-refractivity contribution >= 4 is 35.8 Å². The van der Waals surface area contributed by atoms with E-state index in [-0.39, 0.29) is 35.8 Å². The minimum absolute atomic E-state index is 0. The normalized spacial score (nSPS) is 16.3. The number of hydrogen-bond acceptors (Lipinski definition) is 2. The minimum Gasteiger partial charge on any atom is -0.356 e. The summed E-state index contributed by atoms with van der Waals surface area (Å²) in [5.74, 6) is 1.84. The Hall–Kier alpha value is -0.530. The first-order chi connectivity index (χ1) is 9.63. The summed E-state index contributed by atoms with van der Waals surface area (Å²) in [4.78, 5) is 16.1. The number of nitrogens with one attached hydrogen (secondary N) is 3. The van der Waals surface area contributed by atoms with Crippen molar-refractivity contribution in [2.75, 3.05) is 26.7 Å². The Kier molecular flexibility index (Phi) is 11.8. The lowest BCUT2D eigenvalue weighted by atomic mass is 9.89. The molecule has 0 aliphatic heterocycles. The number of halogens is 1. The fourth-order valence-electron chi connectivity index (χ4n) is 2.40. The van der Waals surface area contributed by atoms with E-state index in [2.05, 4.69) is 34.8 Å². The Morgan fingerprint density at radius 3 is 2.29 bits per heavy atom. The summed E-state index contributed by atoms with van der Waals surface area (Å²) in [6.07, 6.45) is 5.78. The van der Waals surface area contributed by atoms with E-state index in [1.54, 1.807) is 7.05 Å². The molecule has 0 heterocycles. The van der Waals surface area contributed by atoms with Crippen molar-refractivity contribution < 1.29 is 4.79 Å². The number of amides is 1. The highest BCUT2D eigenvalue weighted by Crippen LogP contribution is 2.23. The molecule has 1 aliphatic carbocycles. The number of rotatable bonds is 6. The van der Waals surface area contributed by atoms with Crippen LogP contribution in [0.5, 0.6) is 0 Å². The number of carbonyl (C=O) groups is 1. The van der Waals surface area contributed by atoms with Gasteiger partial charge in [-0.1, -0.05) is 33.1 Å². The van der Waals surface area contributed by atoms with Gasteiger partial charge in [0, 0.05) is 32.6 Å². The lowest BCUT2D eigenvalue weighted by Gasteiger charge is -2.21. The molecule has 5 nitrogen and oxygen atoms in total. The van der Waals surface area contributed by atoms with Gasteiger partial charge in [0.25, 0.3) is 0 Å². The average Bonchev–Trinajstić information content (AvgIpc) is 2.47. The molecule has 1 saturated carbocycles. The zero-order valence-corrected chi connectivity index (χ0v) is 15.9. The van der Waals surface area contributed by atoms with Gasteiger partial charge in [0.05, 0.1) is 0 Å². The van der Waals surface area contributed by atoms with Crippen LogP contribution in [0.25, 0.3) is 0 Å². The van der Waals surface area contributed by atoms with Crippen LogP contribution in [0.4, 0.5) is 0 Å². The van der Waals surface area contributed by atoms with Gasteiger partial charge in [-0.3, -0.25) is 9.79 Å². The molecule has 3 N–H and O–H groups in total. The van der Waals surface area contributed by atoms with Crippen LogP contribution in [-0.4, -0.2) is 38.5 Å². The van der Waals surface area contributed by atoms with Gasteiger partial charge in [-0.2, -0.15) is 0 Å². The predicted molar refractivity (Wildman–Crippen MR) is 99.2 cm³/mol. The molecular weight excluding hydrogens is 379 g/mol. The summed E-state index contributed by atoms with van der Waals surface area (Å²) in [6, 6.07) is 0.